The van der Waals surface area contributed by atoms with Crippen LogP contribution in [0.15, 0.2) is 28.7 Å². The lowest BCUT2D eigenvalue weighted by Crippen LogP contribution is -2.12. The number of hydrogen-bond acceptors (Lipinski definition) is 3. The standard InChI is InChI=1S/C11H5BrClF4N3/c12-6-3-5(14)1-2-7(6)18-9-4-8(13)19-10(20-9)11(15,16)17/h1-4H,(H,18,19,20). The SMILES string of the molecule is Fc1ccc(Nc2cc(Cl)nc(C(F)(F)F)n2)c(Br)c1. The second-order valence-corrected chi connectivity index (χ2v) is 4.89. The van der Waals surface area contributed by atoms with Crippen molar-refractivity contribution in [3.63, 3.8) is 0 Å². The van der Waals surface area contributed by atoms with Gasteiger partial charge in [-0.2, -0.15) is 13.2 Å². The molecule has 0 aliphatic rings. The Bertz CT molecular complexity index is 648. The average Bonchev–Trinajstić information content (AvgIpc) is 2.31. The van der Waals surface area contributed by atoms with E-state index in [1.165, 1.54) is 6.07 Å². The van der Waals surface area contributed by atoms with Crippen molar-refractivity contribution in [2.45, 2.75) is 6.18 Å². The summed E-state index contributed by atoms with van der Waals surface area (Å²) in [7, 11) is 0. The maximum Gasteiger partial charge on any atom is 0.451 e. The normalized spacial score (nSPS) is 11.5. The number of halogens is 6. The van der Waals surface area contributed by atoms with Gasteiger partial charge in [-0.1, -0.05) is 11.6 Å². The zero-order valence-electron chi connectivity index (χ0n) is 9.47. The molecular formula is C11H5BrClF4N3. The third-order valence-electron chi connectivity index (χ3n) is 2.14. The van der Waals surface area contributed by atoms with Crippen LogP contribution in [-0.4, -0.2) is 9.97 Å². The first kappa shape index (κ1) is 15.0. The third kappa shape index (κ3) is 3.57. The maximum absolute atomic E-state index is 12.9. The van der Waals surface area contributed by atoms with E-state index in [4.69, 9.17) is 11.6 Å². The van der Waals surface area contributed by atoms with Gasteiger partial charge in [0.25, 0.3) is 0 Å². The summed E-state index contributed by atoms with van der Waals surface area (Å²) in [6.45, 7) is 0. The molecular weight excluding hydrogens is 365 g/mol. The number of nitrogens with zero attached hydrogens (tertiary/aromatic N) is 2. The molecule has 0 fully saturated rings. The van der Waals surface area contributed by atoms with E-state index in [9.17, 15) is 17.6 Å². The Kier molecular flexibility index (Phi) is 4.14. The van der Waals surface area contributed by atoms with Crippen LogP contribution in [0, 0.1) is 5.82 Å². The maximum atomic E-state index is 12.9. The van der Waals surface area contributed by atoms with Crippen molar-refractivity contribution in [2.75, 3.05) is 5.32 Å². The monoisotopic (exact) mass is 369 g/mol. The van der Waals surface area contributed by atoms with Gasteiger partial charge in [0, 0.05) is 10.5 Å². The van der Waals surface area contributed by atoms with Gasteiger partial charge >= 0.3 is 6.18 Å². The van der Waals surface area contributed by atoms with Crippen LogP contribution in [0.2, 0.25) is 5.15 Å². The molecule has 2 rings (SSSR count). The summed E-state index contributed by atoms with van der Waals surface area (Å²) in [5, 5.41) is 2.25. The minimum atomic E-state index is -4.71. The highest BCUT2D eigenvalue weighted by molar-refractivity contribution is 9.10. The van der Waals surface area contributed by atoms with Crippen LogP contribution in [0.5, 0.6) is 0 Å². The molecule has 0 saturated heterocycles. The van der Waals surface area contributed by atoms with Crippen LogP contribution in [0.4, 0.5) is 29.1 Å². The molecule has 0 radical (unpaired) electrons. The Morgan fingerprint density at radius 2 is 1.85 bits per heavy atom. The molecule has 1 aromatic carbocycles. The summed E-state index contributed by atoms with van der Waals surface area (Å²) in [6, 6.07) is 4.80. The summed E-state index contributed by atoms with van der Waals surface area (Å²) in [6.07, 6.45) is -4.71. The predicted molar refractivity (Wildman–Crippen MR) is 69.4 cm³/mol. The molecule has 2 aromatic rings. The lowest BCUT2D eigenvalue weighted by atomic mass is 10.3. The highest BCUT2D eigenvalue weighted by Crippen LogP contribution is 2.30. The van der Waals surface area contributed by atoms with Crippen molar-refractivity contribution >= 4 is 39.0 Å². The summed E-state index contributed by atoms with van der Waals surface area (Å²) < 4.78 is 50.9. The Balaban J connectivity index is 2.36. The van der Waals surface area contributed by atoms with Crippen LogP contribution in [0.1, 0.15) is 5.82 Å². The quantitative estimate of drug-likeness (QED) is 0.610. The van der Waals surface area contributed by atoms with Crippen LogP contribution in [-0.2, 0) is 6.18 Å². The van der Waals surface area contributed by atoms with Crippen molar-refractivity contribution in [2.24, 2.45) is 0 Å². The fourth-order valence-electron chi connectivity index (χ4n) is 1.34. The van der Waals surface area contributed by atoms with Gasteiger partial charge in [0.15, 0.2) is 0 Å². The first-order valence-corrected chi connectivity index (χ1v) is 6.26. The van der Waals surface area contributed by atoms with Crippen molar-refractivity contribution in [3.8, 4) is 0 Å². The summed E-state index contributed by atoms with van der Waals surface area (Å²) in [4.78, 5) is 6.42. The molecule has 3 nitrogen and oxygen atoms in total. The number of aromatic nitrogens is 2. The van der Waals surface area contributed by atoms with Gasteiger partial charge in [0.1, 0.15) is 16.8 Å². The molecule has 1 N–H and O–H groups in total. The van der Waals surface area contributed by atoms with Gasteiger partial charge < -0.3 is 5.32 Å². The smallest absolute Gasteiger partial charge is 0.339 e. The molecule has 1 heterocycles. The average molecular weight is 371 g/mol. The first-order chi connectivity index (χ1) is 9.25. The largest absolute Gasteiger partial charge is 0.451 e. The lowest BCUT2D eigenvalue weighted by Gasteiger charge is -2.10. The number of nitrogens with one attached hydrogen (secondary N) is 1. The van der Waals surface area contributed by atoms with Gasteiger partial charge in [0.05, 0.1) is 5.69 Å². The zero-order valence-corrected chi connectivity index (χ0v) is 11.8. The van der Waals surface area contributed by atoms with Crippen LogP contribution >= 0.6 is 27.5 Å². The molecule has 0 amide bonds. The number of rotatable bonds is 2. The van der Waals surface area contributed by atoms with Gasteiger partial charge in [-0.25, -0.2) is 14.4 Å². The van der Waals surface area contributed by atoms with E-state index in [0.717, 1.165) is 18.2 Å². The van der Waals surface area contributed by atoms with Gasteiger partial charge in [0.2, 0.25) is 5.82 Å². The van der Waals surface area contributed by atoms with E-state index in [-0.39, 0.29) is 11.0 Å². The van der Waals surface area contributed by atoms with Crippen LogP contribution in [0.3, 0.4) is 0 Å². The molecule has 20 heavy (non-hydrogen) atoms. The van der Waals surface area contributed by atoms with Crippen molar-refractivity contribution in [1.29, 1.82) is 0 Å². The van der Waals surface area contributed by atoms with E-state index < -0.39 is 17.8 Å². The Labute approximate surface area is 124 Å². The minimum Gasteiger partial charge on any atom is -0.339 e. The predicted octanol–water partition coefficient (Wildman–Crippen LogP) is 4.79. The van der Waals surface area contributed by atoms with Crippen LogP contribution < -0.4 is 5.32 Å². The molecule has 106 valence electrons. The first-order valence-electron chi connectivity index (χ1n) is 5.09. The van der Waals surface area contributed by atoms with E-state index in [0.29, 0.717) is 10.2 Å². The number of anilines is 2. The van der Waals surface area contributed by atoms with Crippen molar-refractivity contribution in [1.82, 2.24) is 9.97 Å². The van der Waals surface area contributed by atoms with E-state index >= 15 is 0 Å². The fourth-order valence-corrected chi connectivity index (χ4v) is 1.97. The Hall–Kier alpha value is -1.41. The second-order valence-electron chi connectivity index (χ2n) is 3.65. The van der Waals surface area contributed by atoms with E-state index in [1.807, 2.05) is 0 Å². The Morgan fingerprint density at radius 1 is 1.15 bits per heavy atom. The molecule has 0 atom stereocenters. The van der Waals surface area contributed by atoms with Gasteiger partial charge in [-0.15, -0.1) is 0 Å². The summed E-state index contributed by atoms with van der Waals surface area (Å²) >= 11 is 8.60. The molecule has 0 unspecified atom stereocenters. The molecule has 0 spiro atoms. The number of benzene rings is 1. The van der Waals surface area contributed by atoms with Gasteiger partial charge in [-0.3, -0.25) is 0 Å². The molecule has 0 bridgehead atoms. The third-order valence-corrected chi connectivity index (χ3v) is 2.99. The van der Waals surface area contributed by atoms with E-state index in [2.05, 4.69) is 31.2 Å². The summed E-state index contributed by atoms with van der Waals surface area (Å²) in [5.74, 6) is -1.99. The van der Waals surface area contributed by atoms with Crippen molar-refractivity contribution in [3.05, 3.63) is 45.5 Å². The second kappa shape index (κ2) is 5.53. The minimum absolute atomic E-state index is 0.148. The molecule has 0 aliphatic carbocycles. The lowest BCUT2D eigenvalue weighted by molar-refractivity contribution is -0.144. The fraction of sp³-hybridized carbons (Fsp3) is 0.0909. The topological polar surface area (TPSA) is 37.8 Å². The zero-order chi connectivity index (χ0) is 14.9. The number of hydrogen-bond donors (Lipinski definition) is 1. The van der Waals surface area contributed by atoms with Crippen LogP contribution in [0.25, 0.3) is 0 Å². The highest BCUT2D eigenvalue weighted by atomic mass is 79.9. The van der Waals surface area contributed by atoms with Gasteiger partial charge in [-0.05, 0) is 34.1 Å². The van der Waals surface area contributed by atoms with Crippen molar-refractivity contribution < 1.29 is 17.6 Å². The van der Waals surface area contributed by atoms with E-state index in [1.54, 1.807) is 0 Å². The highest BCUT2D eigenvalue weighted by Gasteiger charge is 2.35. The molecule has 9 heteroatoms. The molecule has 0 aliphatic heterocycles. The number of alkyl halides is 3. The summed E-state index contributed by atoms with van der Waals surface area (Å²) in [5.41, 5.74) is 0.342. The molecule has 0 saturated carbocycles. The Morgan fingerprint density at radius 3 is 2.45 bits per heavy atom. The molecule has 1 aromatic heterocycles.